The van der Waals surface area contributed by atoms with Crippen LogP contribution in [0.5, 0.6) is 0 Å². The molecule has 1 aliphatic rings. The second kappa shape index (κ2) is 4.47. The van der Waals surface area contributed by atoms with Crippen molar-refractivity contribution in [3.63, 3.8) is 0 Å². The Morgan fingerprint density at radius 2 is 1.86 bits per heavy atom. The topological polar surface area (TPSA) is 43.1 Å². The van der Waals surface area contributed by atoms with E-state index in [4.69, 9.17) is 5.73 Å². The van der Waals surface area contributed by atoms with Crippen molar-refractivity contribution in [2.45, 2.75) is 25.7 Å². The van der Waals surface area contributed by atoms with E-state index in [1.165, 1.54) is 0 Å². The standard InChI is InChI=1S/C11H13NO.ClH/c12-10-6-3-5-9-8(10)4-1-2-7-11(9)13;/h3,5-6H,1-2,4,7,12H2;1H. The van der Waals surface area contributed by atoms with Gasteiger partial charge in [-0.3, -0.25) is 4.79 Å². The van der Waals surface area contributed by atoms with E-state index < -0.39 is 0 Å². The zero-order chi connectivity index (χ0) is 9.26. The second-order valence-electron chi connectivity index (χ2n) is 3.50. The zero-order valence-electron chi connectivity index (χ0n) is 7.95. The summed E-state index contributed by atoms with van der Waals surface area (Å²) < 4.78 is 0. The van der Waals surface area contributed by atoms with Gasteiger partial charge in [0.2, 0.25) is 0 Å². The molecule has 0 aliphatic heterocycles. The normalized spacial score (nSPS) is 15.3. The van der Waals surface area contributed by atoms with E-state index in [2.05, 4.69) is 0 Å². The number of hydrogen-bond donors (Lipinski definition) is 1. The first kappa shape index (κ1) is 11.1. The molecule has 1 aliphatic carbocycles. The van der Waals surface area contributed by atoms with Gasteiger partial charge in [0.05, 0.1) is 0 Å². The van der Waals surface area contributed by atoms with Gasteiger partial charge in [-0.1, -0.05) is 12.1 Å². The number of rotatable bonds is 0. The molecule has 0 radical (unpaired) electrons. The molecule has 0 fully saturated rings. The van der Waals surface area contributed by atoms with E-state index in [1.807, 2.05) is 18.2 Å². The summed E-state index contributed by atoms with van der Waals surface area (Å²) in [5, 5.41) is 0. The zero-order valence-corrected chi connectivity index (χ0v) is 8.77. The highest BCUT2D eigenvalue weighted by molar-refractivity contribution is 5.99. The molecule has 0 saturated heterocycles. The molecule has 2 rings (SSSR count). The fraction of sp³-hybridized carbons (Fsp3) is 0.364. The number of fused-ring (bicyclic) bond motifs is 1. The molecule has 0 aromatic heterocycles. The minimum atomic E-state index is 0. The number of Topliss-reactive ketones (excluding diaryl/α,β-unsaturated/α-hetero) is 1. The number of carbonyl (C=O) groups is 1. The van der Waals surface area contributed by atoms with Crippen LogP contribution in [0.25, 0.3) is 0 Å². The van der Waals surface area contributed by atoms with Crippen molar-refractivity contribution in [2.75, 3.05) is 5.73 Å². The van der Waals surface area contributed by atoms with Crippen molar-refractivity contribution in [1.82, 2.24) is 0 Å². The third kappa shape index (κ3) is 1.90. The van der Waals surface area contributed by atoms with Gasteiger partial charge in [0.15, 0.2) is 5.78 Å². The first-order valence-corrected chi connectivity index (χ1v) is 4.69. The molecule has 3 heteroatoms. The molecule has 0 atom stereocenters. The third-order valence-electron chi connectivity index (χ3n) is 2.59. The summed E-state index contributed by atoms with van der Waals surface area (Å²) >= 11 is 0. The van der Waals surface area contributed by atoms with Crippen molar-refractivity contribution < 1.29 is 4.79 Å². The molecule has 1 aromatic rings. The summed E-state index contributed by atoms with van der Waals surface area (Å²) in [7, 11) is 0. The maximum atomic E-state index is 11.6. The Morgan fingerprint density at radius 1 is 1.14 bits per heavy atom. The summed E-state index contributed by atoms with van der Waals surface area (Å²) in [6.45, 7) is 0. The average molecular weight is 212 g/mol. The van der Waals surface area contributed by atoms with Crippen LogP contribution < -0.4 is 5.73 Å². The number of halogens is 1. The Hall–Kier alpha value is -1.02. The molecule has 0 spiro atoms. The molecular formula is C11H14ClNO. The van der Waals surface area contributed by atoms with Crippen molar-refractivity contribution >= 4 is 23.9 Å². The first-order valence-electron chi connectivity index (χ1n) is 4.69. The Bertz CT molecular complexity index is 349. The second-order valence-corrected chi connectivity index (χ2v) is 3.50. The highest BCUT2D eigenvalue weighted by Crippen LogP contribution is 2.24. The Balaban J connectivity index is 0.000000980. The molecule has 0 bridgehead atoms. The summed E-state index contributed by atoms with van der Waals surface area (Å²) in [5.41, 5.74) is 8.50. The van der Waals surface area contributed by atoms with E-state index >= 15 is 0 Å². The van der Waals surface area contributed by atoms with Gasteiger partial charge >= 0.3 is 0 Å². The predicted molar refractivity (Wildman–Crippen MR) is 60.0 cm³/mol. The lowest BCUT2D eigenvalue weighted by molar-refractivity contribution is 0.0982. The lowest BCUT2D eigenvalue weighted by Crippen LogP contribution is -2.02. The molecule has 0 saturated carbocycles. The van der Waals surface area contributed by atoms with Crippen molar-refractivity contribution in [3.05, 3.63) is 29.3 Å². The summed E-state index contributed by atoms with van der Waals surface area (Å²) in [4.78, 5) is 11.6. The number of hydrogen-bond acceptors (Lipinski definition) is 2. The molecule has 76 valence electrons. The van der Waals surface area contributed by atoms with Gasteiger partial charge < -0.3 is 5.73 Å². The molecular weight excluding hydrogens is 198 g/mol. The molecule has 2 N–H and O–H groups in total. The van der Waals surface area contributed by atoms with Gasteiger partial charge in [-0.15, -0.1) is 12.4 Å². The number of anilines is 1. The summed E-state index contributed by atoms with van der Waals surface area (Å²) in [6.07, 6.45) is 3.70. The van der Waals surface area contributed by atoms with Crippen LogP contribution in [0.2, 0.25) is 0 Å². The SMILES string of the molecule is Cl.Nc1cccc2c1CCCCC2=O. The van der Waals surface area contributed by atoms with Gasteiger partial charge in [-0.25, -0.2) is 0 Å². The van der Waals surface area contributed by atoms with E-state index in [1.54, 1.807) is 0 Å². The highest BCUT2D eigenvalue weighted by Gasteiger charge is 2.16. The number of benzene rings is 1. The molecule has 2 nitrogen and oxygen atoms in total. The van der Waals surface area contributed by atoms with Crippen molar-refractivity contribution in [3.8, 4) is 0 Å². The van der Waals surface area contributed by atoms with Crippen LogP contribution in [0.1, 0.15) is 35.2 Å². The summed E-state index contributed by atoms with van der Waals surface area (Å²) in [6, 6.07) is 5.62. The minimum Gasteiger partial charge on any atom is -0.398 e. The molecule has 14 heavy (non-hydrogen) atoms. The average Bonchev–Trinajstić information content (AvgIpc) is 2.30. The van der Waals surface area contributed by atoms with Gasteiger partial charge in [-0.2, -0.15) is 0 Å². The van der Waals surface area contributed by atoms with Crippen LogP contribution in [0.4, 0.5) is 5.69 Å². The van der Waals surface area contributed by atoms with Gasteiger partial charge in [0.25, 0.3) is 0 Å². The molecule has 1 aromatic carbocycles. The monoisotopic (exact) mass is 211 g/mol. The predicted octanol–water partition coefficient (Wildman–Crippen LogP) is 2.60. The van der Waals surface area contributed by atoms with E-state index in [-0.39, 0.29) is 18.2 Å². The maximum absolute atomic E-state index is 11.6. The van der Waals surface area contributed by atoms with Gasteiger partial charge in [-0.05, 0) is 30.9 Å². The molecule has 0 amide bonds. The van der Waals surface area contributed by atoms with Crippen LogP contribution in [0.15, 0.2) is 18.2 Å². The van der Waals surface area contributed by atoms with E-state index in [0.717, 1.165) is 36.1 Å². The Morgan fingerprint density at radius 3 is 2.64 bits per heavy atom. The van der Waals surface area contributed by atoms with Crippen molar-refractivity contribution in [1.29, 1.82) is 0 Å². The fourth-order valence-corrected chi connectivity index (χ4v) is 1.87. The first-order chi connectivity index (χ1) is 6.29. The van der Waals surface area contributed by atoms with Gasteiger partial charge in [0.1, 0.15) is 0 Å². The molecule has 0 unspecified atom stereocenters. The smallest absolute Gasteiger partial charge is 0.163 e. The highest BCUT2D eigenvalue weighted by atomic mass is 35.5. The number of carbonyl (C=O) groups excluding carboxylic acids is 1. The Kier molecular flexibility index (Phi) is 3.53. The van der Waals surface area contributed by atoms with Gasteiger partial charge in [0, 0.05) is 17.7 Å². The number of ketones is 1. The lowest BCUT2D eigenvalue weighted by atomic mass is 10.0. The lowest BCUT2D eigenvalue weighted by Gasteiger charge is -2.06. The minimum absolute atomic E-state index is 0. The van der Waals surface area contributed by atoms with Crippen LogP contribution in [-0.2, 0) is 6.42 Å². The van der Waals surface area contributed by atoms with Crippen LogP contribution in [0.3, 0.4) is 0 Å². The quantitative estimate of drug-likeness (QED) is 0.530. The van der Waals surface area contributed by atoms with Crippen LogP contribution in [-0.4, -0.2) is 5.78 Å². The van der Waals surface area contributed by atoms with Crippen LogP contribution in [0, 0.1) is 0 Å². The summed E-state index contributed by atoms with van der Waals surface area (Å²) in [5.74, 6) is 0.250. The maximum Gasteiger partial charge on any atom is 0.163 e. The fourth-order valence-electron chi connectivity index (χ4n) is 1.87. The third-order valence-corrected chi connectivity index (χ3v) is 2.59. The number of nitrogen functional groups attached to an aromatic ring is 1. The van der Waals surface area contributed by atoms with Crippen LogP contribution >= 0.6 is 12.4 Å². The Labute approximate surface area is 89.9 Å². The molecule has 0 heterocycles. The van der Waals surface area contributed by atoms with E-state index in [9.17, 15) is 4.79 Å². The number of nitrogens with two attached hydrogens (primary N) is 1. The van der Waals surface area contributed by atoms with E-state index in [0.29, 0.717) is 6.42 Å². The van der Waals surface area contributed by atoms with Crippen molar-refractivity contribution in [2.24, 2.45) is 0 Å². The largest absolute Gasteiger partial charge is 0.398 e.